The van der Waals surface area contributed by atoms with Gasteiger partial charge < -0.3 is 14.8 Å². The zero-order valence-electron chi connectivity index (χ0n) is 14.8. The van der Waals surface area contributed by atoms with E-state index in [1.165, 1.54) is 7.11 Å². The number of carbonyl (C=O) groups excluding carboxylic acids is 2. The van der Waals surface area contributed by atoms with E-state index in [-0.39, 0.29) is 11.9 Å². The summed E-state index contributed by atoms with van der Waals surface area (Å²) in [7, 11) is 2.95. The van der Waals surface area contributed by atoms with Crippen molar-refractivity contribution in [3.63, 3.8) is 0 Å². The van der Waals surface area contributed by atoms with Gasteiger partial charge in [0.1, 0.15) is 11.4 Å². The summed E-state index contributed by atoms with van der Waals surface area (Å²) in [6, 6.07) is 14.1. The second-order valence-corrected chi connectivity index (χ2v) is 6.11. The van der Waals surface area contributed by atoms with Crippen molar-refractivity contribution in [1.82, 2.24) is 15.5 Å². The summed E-state index contributed by atoms with van der Waals surface area (Å²) in [6.07, 6.45) is 0. The standard InChI is InChI=1S/C20H17N3O4/c1-26-14-9-7-12(8-10-14)17-15-16(21-19(24)18(15)23-22-17)11-3-5-13(6-4-11)20(25)27-2/h3-10,16H,1-2H3,(H,21,24)(H,22,23). The monoisotopic (exact) mass is 363 g/mol. The van der Waals surface area contributed by atoms with Crippen molar-refractivity contribution in [2.45, 2.75) is 6.04 Å². The smallest absolute Gasteiger partial charge is 0.337 e. The second kappa shape index (κ2) is 6.60. The minimum absolute atomic E-state index is 0.209. The number of hydrogen-bond acceptors (Lipinski definition) is 5. The van der Waals surface area contributed by atoms with E-state index in [0.717, 1.165) is 22.4 Å². The molecular formula is C20H17N3O4. The summed E-state index contributed by atoms with van der Waals surface area (Å²) in [5.41, 5.74) is 4.12. The van der Waals surface area contributed by atoms with Crippen molar-refractivity contribution in [2.75, 3.05) is 14.2 Å². The fraction of sp³-hybridized carbons (Fsp3) is 0.150. The van der Waals surface area contributed by atoms with Crippen molar-refractivity contribution in [2.24, 2.45) is 0 Å². The number of nitrogens with one attached hydrogen (secondary N) is 2. The van der Waals surface area contributed by atoms with E-state index >= 15 is 0 Å². The van der Waals surface area contributed by atoms with Crippen LogP contribution in [0.25, 0.3) is 11.3 Å². The molecule has 1 unspecified atom stereocenters. The van der Waals surface area contributed by atoms with Gasteiger partial charge in [0.05, 0.1) is 31.5 Å². The summed E-state index contributed by atoms with van der Waals surface area (Å²) in [5, 5.41) is 10.1. The van der Waals surface area contributed by atoms with Crippen LogP contribution < -0.4 is 10.1 Å². The third-order valence-electron chi connectivity index (χ3n) is 4.62. The molecular weight excluding hydrogens is 346 g/mol. The molecule has 0 fully saturated rings. The predicted octanol–water partition coefficient (Wildman–Crippen LogP) is 2.70. The summed E-state index contributed by atoms with van der Waals surface area (Å²) in [4.78, 5) is 24.0. The Morgan fingerprint density at radius 1 is 1.04 bits per heavy atom. The molecule has 1 aliphatic heterocycles. The van der Waals surface area contributed by atoms with Crippen LogP contribution in [0.5, 0.6) is 5.75 Å². The van der Waals surface area contributed by atoms with Crippen LogP contribution in [0.4, 0.5) is 0 Å². The molecule has 2 aromatic carbocycles. The summed E-state index contributed by atoms with van der Waals surface area (Å²) < 4.78 is 9.92. The molecule has 1 amide bonds. The van der Waals surface area contributed by atoms with Gasteiger partial charge in [-0.25, -0.2) is 4.79 Å². The van der Waals surface area contributed by atoms with Gasteiger partial charge in [-0.15, -0.1) is 0 Å². The van der Waals surface area contributed by atoms with Crippen molar-refractivity contribution in [3.05, 3.63) is 70.9 Å². The molecule has 1 aliphatic rings. The first kappa shape index (κ1) is 16.8. The average molecular weight is 363 g/mol. The molecule has 7 nitrogen and oxygen atoms in total. The maximum Gasteiger partial charge on any atom is 0.337 e. The van der Waals surface area contributed by atoms with Gasteiger partial charge >= 0.3 is 5.97 Å². The Morgan fingerprint density at radius 2 is 1.74 bits per heavy atom. The van der Waals surface area contributed by atoms with Crippen LogP contribution in [-0.4, -0.2) is 36.3 Å². The first-order valence-corrected chi connectivity index (χ1v) is 8.34. The maximum atomic E-state index is 12.3. The Bertz CT molecular complexity index is 1010. The predicted molar refractivity (Wildman–Crippen MR) is 97.7 cm³/mol. The molecule has 1 atom stereocenters. The second-order valence-electron chi connectivity index (χ2n) is 6.11. The van der Waals surface area contributed by atoms with Crippen LogP contribution in [0, 0.1) is 0 Å². The molecule has 0 aliphatic carbocycles. The number of aromatic nitrogens is 2. The molecule has 2 N–H and O–H groups in total. The van der Waals surface area contributed by atoms with Gasteiger partial charge in [-0.2, -0.15) is 5.10 Å². The van der Waals surface area contributed by atoms with Gasteiger partial charge in [0.15, 0.2) is 0 Å². The molecule has 0 saturated heterocycles. The van der Waals surface area contributed by atoms with Crippen LogP contribution in [-0.2, 0) is 4.74 Å². The van der Waals surface area contributed by atoms with Gasteiger partial charge in [0, 0.05) is 11.1 Å². The average Bonchev–Trinajstić information content (AvgIpc) is 3.29. The number of carbonyl (C=O) groups is 2. The van der Waals surface area contributed by atoms with E-state index < -0.39 is 5.97 Å². The fourth-order valence-electron chi connectivity index (χ4n) is 3.23. The summed E-state index contributed by atoms with van der Waals surface area (Å²) >= 11 is 0. The van der Waals surface area contributed by atoms with E-state index in [4.69, 9.17) is 9.47 Å². The zero-order valence-corrected chi connectivity index (χ0v) is 14.8. The lowest BCUT2D eigenvalue weighted by molar-refractivity contribution is 0.0600. The molecule has 7 heteroatoms. The van der Waals surface area contributed by atoms with E-state index in [2.05, 4.69) is 15.5 Å². The SMILES string of the molecule is COC(=O)c1ccc(C2NC(=O)c3[nH]nc(-c4ccc(OC)cc4)c32)cc1. The molecule has 0 saturated carbocycles. The van der Waals surface area contributed by atoms with Gasteiger partial charge in [-0.05, 0) is 42.0 Å². The number of rotatable bonds is 4. The van der Waals surface area contributed by atoms with Gasteiger partial charge in [0.2, 0.25) is 0 Å². The van der Waals surface area contributed by atoms with Gasteiger partial charge in [0.25, 0.3) is 5.91 Å². The molecule has 136 valence electrons. The molecule has 2 heterocycles. The molecule has 1 aromatic heterocycles. The number of H-pyrrole nitrogens is 1. The van der Waals surface area contributed by atoms with Gasteiger partial charge in [-0.1, -0.05) is 12.1 Å². The Kier molecular flexibility index (Phi) is 4.12. The Balaban J connectivity index is 1.74. The van der Waals surface area contributed by atoms with Crippen molar-refractivity contribution in [3.8, 4) is 17.0 Å². The van der Waals surface area contributed by atoms with Crippen LogP contribution >= 0.6 is 0 Å². The van der Waals surface area contributed by atoms with E-state index in [9.17, 15) is 9.59 Å². The fourth-order valence-corrected chi connectivity index (χ4v) is 3.23. The highest BCUT2D eigenvalue weighted by atomic mass is 16.5. The molecule has 0 spiro atoms. The highest BCUT2D eigenvalue weighted by Crippen LogP contribution is 2.37. The highest BCUT2D eigenvalue weighted by Gasteiger charge is 2.35. The number of aromatic amines is 1. The number of methoxy groups -OCH3 is 2. The van der Waals surface area contributed by atoms with Crippen molar-refractivity contribution in [1.29, 1.82) is 0 Å². The quantitative estimate of drug-likeness (QED) is 0.695. The van der Waals surface area contributed by atoms with E-state index in [0.29, 0.717) is 17.0 Å². The van der Waals surface area contributed by atoms with E-state index in [1.807, 2.05) is 24.3 Å². The summed E-state index contributed by atoms with van der Waals surface area (Å²) in [6.45, 7) is 0. The van der Waals surface area contributed by atoms with Crippen molar-refractivity contribution >= 4 is 11.9 Å². The van der Waals surface area contributed by atoms with Gasteiger partial charge in [-0.3, -0.25) is 9.89 Å². The maximum absolute atomic E-state index is 12.3. The number of benzene rings is 2. The number of amides is 1. The minimum Gasteiger partial charge on any atom is -0.497 e. The minimum atomic E-state index is -0.403. The lowest BCUT2D eigenvalue weighted by atomic mass is 9.96. The Hall–Kier alpha value is -3.61. The van der Waals surface area contributed by atoms with E-state index in [1.54, 1.807) is 31.4 Å². The summed E-state index contributed by atoms with van der Waals surface area (Å²) in [5.74, 6) is 0.134. The number of esters is 1. The largest absolute Gasteiger partial charge is 0.497 e. The third kappa shape index (κ3) is 2.83. The number of hydrogen-bond donors (Lipinski definition) is 2. The molecule has 3 aromatic rings. The molecule has 0 radical (unpaired) electrons. The normalized spacial score (nSPS) is 15.2. The zero-order chi connectivity index (χ0) is 19.0. The van der Waals surface area contributed by atoms with Crippen LogP contribution in [0.2, 0.25) is 0 Å². The van der Waals surface area contributed by atoms with Crippen molar-refractivity contribution < 1.29 is 19.1 Å². The molecule has 4 rings (SSSR count). The first-order chi connectivity index (χ1) is 13.1. The molecule has 0 bridgehead atoms. The number of nitrogens with zero attached hydrogens (tertiary/aromatic N) is 1. The number of ether oxygens (including phenoxy) is 2. The van der Waals surface area contributed by atoms with Crippen LogP contribution in [0.3, 0.4) is 0 Å². The third-order valence-corrected chi connectivity index (χ3v) is 4.62. The number of fused-ring (bicyclic) bond motifs is 1. The highest BCUT2D eigenvalue weighted by molar-refractivity contribution is 6.00. The van der Waals surface area contributed by atoms with Crippen LogP contribution in [0.1, 0.15) is 38.0 Å². The Labute approximate surface area is 155 Å². The van der Waals surface area contributed by atoms with Crippen LogP contribution in [0.15, 0.2) is 48.5 Å². The first-order valence-electron chi connectivity index (χ1n) is 8.34. The lowest BCUT2D eigenvalue weighted by Gasteiger charge is -2.14. The lowest BCUT2D eigenvalue weighted by Crippen LogP contribution is -2.21. The topological polar surface area (TPSA) is 93.3 Å². The molecule has 27 heavy (non-hydrogen) atoms. The Morgan fingerprint density at radius 3 is 2.37 bits per heavy atom.